The van der Waals surface area contributed by atoms with E-state index in [9.17, 15) is 30.0 Å². The SMILES string of the molecule is NCCCCCCNC(=O)c1cc2ccc([C@@H]3O[C@H](CO)[C@H](O)[C@H](O)[C@H]3O)cc2oc1=O. The van der Waals surface area contributed by atoms with E-state index in [1.807, 2.05) is 0 Å². The minimum Gasteiger partial charge on any atom is -0.422 e. The fourth-order valence-electron chi connectivity index (χ4n) is 3.76. The number of aliphatic hydroxyl groups excluding tert-OH is 4. The molecule has 1 amide bonds. The van der Waals surface area contributed by atoms with Crippen LogP contribution in [0.15, 0.2) is 33.5 Å². The monoisotopic (exact) mass is 450 g/mol. The Kier molecular flexibility index (Phi) is 8.35. The van der Waals surface area contributed by atoms with E-state index in [2.05, 4.69) is 5.32 Å². The van der Waals surface area contributed by atoms with Crippen molar-refractivity contribution in [1.29, 1.82) is 0 Å². The largest absolute Gasteiger partial charge is 0.422 e. The van der Waals surface area contributed by atoms with Crippen molar-refractivity contribution in [3.05, 3.63) is 45.8 Å². The molecule has 2 aromatic rings. The number of amides is 1. The summed E-state index contributed by atoms with van der Waals surface area (Å²) >= 11 is 0. The lowest BCUT2D eigenvalue weighted by atomic mass is 9.91. The molecule has 2 heterocycles. The van der Waals surface area contributed by atoms with Crippen LogP contribution in [0.2, 0.25) is 0 Å². The number of unbranched alkanes of at least 4 members (excludes halogenated alkanes) is 3. The molecule has 0 unspecified atom stereocenters. The first-order valence-corrected chi connectivity index (χ1v) is 10.7. The highest BCUT2D eigenvalue weighted by Crippen LogP contribution is 2.33. The third kappa shape index (κ3) is 5.34. The Balaban J connectivity index is 1.75. The molecule has 1 saturated heterocycles. The van der Waals surface area contributed by atoms with E-state index in [0.29, 0.717) is 24.0 Å². The zero-order valence-electron chi connectivity index (χ0n) is 17.6. The summed E-state index contributed by atoms with van der Waals surface area (Å²) in [5.41, 5.74) is 5.08. The number of aliphatic hydroxyl groups is 4. The molecule has 5 atom stereocenters. The zero-order valence-corrected chi connectivity index (χ0v) is 17.6. The molecule has 10 nitrogen and oxygen atoms in total. The van der Waals surface area contributed by atoms with Crippen molar-refractivity contribution in [1.82, 2.24) is 5.32 Å². The van der Waals surface area contributed by atoms with Gasteiger partial charge in [-0.2, -0.15) is 0 Å². The molecular weight excluding hydrogens is 420 g/mol. The summed E-state index contributed by atoms with van der Waals surface area (Å²) in [6, 6.07) is 6.08. The normalized spacial score (nSPS) is 25.7. The number of hydrogen-bond acceptors (Lipinski definition) is 9. The van der Waals surface area contributed by atoms with Crippen LogP contribution in [0.25, 0.3) is 11.0 Å². The van der Waals surface area contributed by atoms with Crippen LogP contribution < -0.4 is 16.7 Å². The maximum atomic E-state index is 12.4. The molecule has 1 fully saturated rings. The number of fused-ring (bicyclic) bond motifs is 1. The minimum atomic E-state index is -1.52. The van der Waals surface area contributed by atoms with Crippen molar-refractivity contribution in [2.45, 2.75) is 56.2 Å². The number of nitrogens with two attached hydrogens (primary N) is 1. The van der Waals surface area contributed by atoms with E-state index in [4.69, 9.17) is 14.9 Å². The average molecular weight is 450 g/mol. The predicted molar refractivity (Wildman–Crippen MR) is 115 cm³/mol. The quantitative estimate of drug-likeness (QED) is 0.218. The number of carbonyl (C=O) groups is 1. The summed E-state index contributed by atoms with van der Waals surface area (Å²) < 4.78 is 10.8. The molecule has 176 valence electrons. The van der Waals surface area contributed by atoms with Crippen molar-refractivity contribution < 1.29 is 34.4 Å². The van der Waals surface area contributed by atoms with Gasteiger partial charge in [0.2, 0.25) is 0 Å². The Morgan fingerprint density at radius 2 is 1.78 bits per heavy atom. The number of rotatable bonds is 9. The molecular formula is C22H30N2O8. The number of hydrogen-bond donors (Lipinski definition) is 6. The van der Waals surface area contributed by atoms with Gasteiger partial charge in [0.25, 0.3) is 5.91 Å². The first-order valence-electron chi connectivity index (χ1n) is 10.7. The molecule has 7 N–H and O–H groups in total. The highest BCUT2D eigenvalue weighted by atomic mass is 16.5. The van der Waals surface area contributed by atoms with Gasteiger partial charge < -0.3 is 40.6 Å². The van der Waals surface area contributed by atoms with E-state index >= 15 is 0 Å². The van der Waals surface area contributed by atoms with E-state index in [-0.39, 0.29) is 11.1 Å². The summed E-state index contributed by atoms with van der Waals surface area (Å²) in [6.45, 7) is 0.537. The molecule has 1 aromatic heterocycles. The number of carbonyl (C=O) groups excluding carboxylic acids is 1. The number of ether oxygens (including phenoxy) is 1. The number of benzene rings is 1. The van der Waals surface area contributed by atoms with Crippen LogP contribution in [0, 0.1) is 0 Å². The second-order valence-corrected chi connectivity index (χ2v) is 7.95. The topological polar surface area (TPSA) is 175 Å². The van der Waals surface area contributed by atoms with Gasteiger partial charge in [0, 0.05) is 11.9 Å². The zero-order chi connectivity index (χ0) is 23.3. The summed E-state index contributed by atoms with van der Waals surface area (Å²) in [7, 11) is 0. The van der Waals surface area contributed by atoms with Crippen molar-refractivity contribution in [2.75, 3.05) is 19.7 Å². The first kappa shape index (κ1) is 24.3. The van der Waals surface area contributed by atoms with Crippen molar-refractivity contribution in [2.24, 2.45) is 5.73 Å². The summed E-state index contributed by atoms with van der Waals surface area (Å²) in [5, 5.41) is 42.8. The van der Waals surface area contributed by atoms with Crippen LogP contribution in [0.3, 0.4) is 0 Å². The Labute approximate surface area is 184 Å². The van der Waals surface area contributed by atoms with Crippen LogP contribution in [0.4, 0.5) is 0 Å². The van der Waals surface area contributed by atoms with Gasteiger partial charge in [-0.05, 0) is 37.1 Å². The molecule has 3 rings (SSSR count). The molecule has 1 aliphatic rings. The molecule has 1 aliphatic heterocycles. The Morgan fingerprint density at radius 3 is 2.50 bits per heavy atom. The summed E-state index contributed by atoms with van der Waals surface area (Å²) in [4.78, 5) is 24.7. The van der Waals surface area contributed by atoms with Gasteiger partial charge in [0.05, 0.1) is 6.61 Å². The molecule has 0 bridgehead atoms. The molecule has 0 spiro atoms. The van der Waals surface area contributed by atoms with Crippen LogP contribution >= 0.6 is 0 Å². The molecule has 10 heteroatoms. The second kappa shape index (κ2) is 11.0. The first-order chi connectivity index (χ1) is 15.4. The van der Waals surface area contributed by atoms with Crippen molar-refractivity contribution in [3.63, 3.8) is 0 Å². The van der Waals surface area contributed by atoms with Crippen LogP contribution in [0.1, 0.15) is 47.7 Å². The summed E-state index contributed by atoms with van der Waals surface area (Å²) in [5.74, 6) is -0.516. The van der Waals surface area contributed by atoms with Gasteiger partial charge >= 0.3 is 5.63 Å². The fraction of sp³-hybridized carbons (Fsp3) is 0.545. The van der Waals surface area contributed by atoms with Gasteiger partial charge in [0.15, 0.2) is 0 Å². The predicted octanol–water partition coefficient (Wildman–Crippen LogP) is -0.443. The van der Waals surface area contributed by atoms with Gasteiger partial charge in [-0.1, -0.05) is 25.0 Å². The molecule has 1 aromatic carbocycles. The van der Waals surface area contributed by atoms with Crippen molar-refractivity contribution >= 4 is 16.9 Å². The average Bonchev–Trinajstić information content (AvgIpc) is 2.79. The molecule has 0 aliphatic carbocycles. The fourth-order valence-corrected chi connectivity index (χ4v) is 3.76. The third-order valence-corrected chi connectivity index (χ3v) is 5.64. The Morgan fingerprint density at radius 1 is 1.03 bits per heavy atom. The van der Waals surface area contributed by atoms with Gasteiger partial charge in [-0.15, -0.1) is 0 Å². The third-order valence-electron chi connectivity index (χ3n) is 5.64. The van der Waals surface area contributed by atoms with Gasteiger partial charge in [0.1, 0.15) is 41.7 Å². The van der Waals surface area contributed by atoms with Gasteiger partial charge in [-0.3, -0.25) is 4.79 Å². The Hall–Kier alpha value is -2.34. The van der Waals surface area contributed by atoms with E-state index in [0.717, 1.165) is 25.7 Å². The van der Waals surface area contributed by atoms with Crippen LogP contribution in [-0.2, 0) is 4.74 Å². The lowest BCUT2D eigenvalue weighted by Crippen LogP contribution is -2.55. The molecule has 32 heavy (non-hydrogen) atoms. The molecule has 0 saturated carbocycles. The summed E-state index contributed by atoms with van der Waals surface area (Å²) in [6.07, 6.45) is -2.90. The lowest BCUT2D eigenvalue weighted by molar-refractivity contribution is -0.231. The lowest BCUT2D eigenvalue weighted by Gasteiger charge is -2.40. The van der Waals surface area contributed by atoms with E-state index in [1.165, 1.54) is 12.1 Å². The van der Waals surface area contributed by atoms with Crippen LogP contribution in [-0.4, -0.2) is 70.4 Å². The van der Waals surface area contributed by atoms with E-state index < -0.39 is 48.7 Å². The smallest absolute Gasteiger partial charge is 0.349 e. The highest BCUT2D eigenvalue weighted by molar-refractivity contribution is 5.96. The standard InChI is InChI=1S/C22H30N2O8/c23-7-3-1-2-4-8-24-21(29)14-9-12-5-6-13(10-15(12)32-22(14)30)20-19(28)18(27)17(26)16(11-25)31-20/h5-6,9-10,16-20,25-28H,1-4,7-8,11,23H2,(H,24,29)/t16-,17+,18+,19-,20+/m1/s1. The molecule has 0 radical (unpaired) electrons. The highest BCUT2D eigenvalue weighted by Gasteiger charge is 2.44. The Bertz CT molecular complexity index is 976. The van der Waals surface area contributed by atoms with Gasteiger partial charge in [-0.25, -0.2) is 4.79 Å². The van der Waals surface area contributed by atoms with Crippen LogP contribution in [0.5, 0.6) is 0 Å². The minimum absolute atomic E-state index is 0.111. The number of nitrogens with one attached hydrogen (secondary N) is 1. The van der Waals surface area contributed by atoms with E-state index in [1.54, 1.807) is 12.1 Å². The van der Waals surface area contributed by atoms with Crippen molar-refractivity contribution in [3.8, 4) is 0 Å². The maximum Gasteiger partial charge on any atom is 0.349 e. The maximum absolute atomic E-state index is 12.4. The second-order valence-electron chi connectivity index (χ2n) is 7.95.